The van der Waals surface area contributed by atoms with E-state index in [-0.39, 0.29) is 31.6 Å². The predicted molar refractivity (Wildman–Crippen MR) is 61.3 cm³/mol. The molecule has 1 rings (SSSR count). The van der Waals surface area contributed by atoms with Crippen LogP contribution in [0.4, 0.5) is 5.95 Å². The highest BCUT2D eigenvalue weighted by Gasteiger charge is 2.10. The third-order valence-corrected chi connectivity index (χ3v) is 2.02. The summed E-state index contributed by atoms with van der Waals surface area (Å²) in [5, 5.41) is 20.1. The monoisotopic (exact) mass is 240 g/mol. The highest BCUT2D eigenvalue weighted by molar-refractivity contribution is 5.90. The first kappa shape index (κ1) is 13.5. The van der Waals surface area contributed by atoms with Crippen molar-refractivity contribution in [2.75, 3.05) is 38.2 Å². The van der Waals surface area contributed by atoms with Crippen LogP contribution in [0, 0.1) is 0 Å². The van der Waals surface area contributed by atoms with E-state index in [1.54, 1.807) is 11.0 Å². The smallest absolute Gasteiger partial charge is 0.240 e. The van der Waals surface area contributed by atoms with Crippen LogP contribution >= 0.6 is 0 Å². The first-order valence-electron chi connectivity index (χ1n) is 5.27. The fraction of sp³-hybridized carbons (Fsp3) is 0.500. The molecule has 0 aliphatic carbocycles. The van der Waals surface area contributed by atoms with Gasteiger partial charge in [0.25, 0.3) is 0 Å². The van der Waals surface area contributed by atoms with Gasteiger partial charge in [0.2, 0.25) is 11.9 Å². The lowest BCUT2D eigenvalue weighted by molar-refractivity contribution is -0.117. The number of aliphatic hydroxyl groups is 2. The van der Waals surface area contributed by atoms with Gasteiger partial charge in [-0.05, 0) is 6.07 Å². The molecule has 1 aromatic rings. The number of carbonyl (C=O) groups excluding carboxylic acids is 1. The highest BCUT2D eigenvalue weighted by atomic mass is 16.3. The topological polar surface area (TPSA) is 98.6 Å². The Kier molecular flexibility index (Phi) is 6.08. The lowest BCUT2D eigenvalue weighted by Gasteiger charge is -2.18. The molecule has 94 valence electrons. The van der Waals surface area contributed by atoms with E-state index < -0.39 is 0 Å². The molecule has 0 fully saturated rings. The Morgan fingerprint density at radius 2 is 1.82 bits per heavy atom. The molecule has 0 aromatic carbocycles. The number of nitrogens with zero attached hydrogens (tertiary/aromatic N) is 3. The maximum absolute atomic E-state index is 11.6. The van der Waals surface area contributed by atoms with Crippen LogP contribution in [0.1, 0.15) is 0 Å². The number of hydrogen-bond donors (Lipinski definition) is 3. The molecule has 0 aliphatic rings. The van der Waals surface area contributed by atoms with E-state index in [2.05, 4.69) is 15.3 Å². The average molecular weight is 240 g/mol. The highest BCUT2D eigenvalue weighted by Crippen LogP contribution is 1.95. The Balaban J connectivity index is 2.42. The summed E-state index contributed by atoms with van der Waals surface area (Å²) in [7, 11) is 0. The van der Waals surface area contributed by atoms with Crippen LogP contribution in [0.2, 0.25) is 0 Å². The summed E-state index contributed by atoms with van der Waals surface area (Å²) in [6.45, 7) is 0.636. The summed E-state index contributed by atoms with van der Waals surface area (Å²) in [6, 6.07) is 1.65. The Labute approximate surface area is 99.1 Å². The molecular formula is C10H16N4O3. The largest absolute Gasteiger partial charge is 0.395 e. The van der Waals surface area contributed by atoms with Gasteiger partial charge in [-0.3, -0.25) is 15.0 Å². The lowest BCUT2D eigenvalue weighted by Crippen LogP contribution is -2.37. The molecule has 0 aliphatic heterocycles. The van der Waals surface area contributed by atoms with Crippen molar-refractivity contribution in [1.82, 2.24) is 14.9 Å². The van der Waals surface area contributed by atoms with Crippen LogP contribution in [-0.2, 0) is 4.79 Å². The van der Waals surface area contributed by atoms with Crippen LogP contribution in [-0.4, -0.2) is 63.8 Å². The lowest BCUT2D eigenvalue weighted by atomic mass is 10.4. The Bertz CT molecular complexity index is 328. The van der Waals surface area contributed by atoms with Crippen molar-refractivity contribution in [3.63, 3.8) is 0 Å². The number of nitrogens with one attached hydrogen (secondary N) is 1. The van der Waals surface area contributed by atoms with Gasteiger partial charge in [-0.15, -0.1) is 0 Å². The van der Waals surface area contributed by atoms with E-state index in [0.29, 0.717) is 13.1 Å². The van der Waals surface area contributed by atoms with E-state index in [9.17, 15) is 4.79 Å². The molecule has 0 spiro atoms. The van der Waals surface area contributed by atoms with E-state index in [1.165, 1.54) is 12.4 Å². The first-order valence-corrected chi connectivity index (χ1v) is 5.27. The number of rotatable bonds is 7. The summed E-state index contributed by atoms with van der Waals surface area (Å²) < 4.78 is 0. The van der Waals surface area contributed by atoms with E-state index in [4.69, 9.17) is 10.2 Å². The first-order chi connectivity index (χ1) is 8.26. The number of carbonyl (C=O) groups is 1. The molecule has 0 saturated heterocycles. The zero-order chi connectivity index (χ0) is 12.5. The Hall–Kier alpha value is -1.57. The van der Waals surface area contributed by atoms with Crippen LogP contribution in [0.3, 0.4) is 0 Å². The number of hydrogen-bond acceptors (Lipinski definition) is 6. The maximum Gasteiger partial charge on any atom is 0.240 e. The van der Waals surface area contributed by atoms with Crippen molar-refractivity contribution in [2.24, 2.45) is 0 Å². The van der Waals surface area contributed by atoms with E-state index in [1.807, 2.05) is 0 Å². The molecule has 0 atom stereocenters. The summed E-state index contributed by atoms with van der Waals surface area (Å²) in [4.78, 5) is 20.9. The molecule has 0 saturated carbocycles. The SMILES string of the molecule is O=C(CN(CCO)CCO)Nc1ncccn1. The third kappa shape index (κ3) is 5.34. The van der Waals surface area contributed by atoms with Crippen molar-refractivity contribution >= 4 is 11.9 Å². The molecular weight excluding hydrogens is 224 g/mol. The minimum atomic E-state index is -0.280. The van der Waals surface area contributed by atoms with Crippen LogP contribution < -0.4 is 5.32 Å². The number of aliphatic hydroxyl groups excluding tert-OH is 2. The fourth-order valence-electron chi connectivity index (χ4n) is 1.28. The van der Waals surface area contributed by atoms with Crippen LogP contribution in [0.25, 0.3) is 0 Å². The Morgan fingerprint density at radius 3 is 2.35 bits per heavy atom. The summed E-state index contributed by atoms with van der Waals surface area (Å²) >= 11 is 0. The minimum absolute atomic E-state index is 0.0604. The van der Waals surface area contributed by atoms with Gasteiger partial charge >= 0.3 is 0 Å². The summed E-state index contributed by atoms with van der Waals surface area (Å²) in [5.74, 6) is -0.0384. The molecule has 1 amide bonds. The van der Waals surface area contributed by atoms with Gasteiger partial charge in [-0.25, -0.2) is 9.97 Å². The van der Waals surface area contributed by atoms with Gasteiger partial charge in [0.1, 0.15) is 0 Å². The van der Waals surface area contributed by atoms with Gasteiger partial charge in [-0.2, -0.15) is 0 Å². The van der Waals surface area contributed by atoms with Gasteiger partial charge < -0.3 is 10.2 Å². The van der Waals surface area contributed by atoms with E-state index in [0.717, 1.165) is 0 Å². The average Bonchev–Trinajstić information content (AvgIpc) is 2.30. The standard InChI is InChI=1S/C10H16N4O3/c15-6-4-14(5-7-16)8-9(17)13-10-11-2-1-3-12-10/h1-3,15-16H,4-8H2,(H,11,12,13,17). The van der Waals surface area contributed by atoms with E-state index >= 15 is 0 Å². The van der Waals surface area contributed by atoms with Gasteiger partial charge in [0, 0.05) is 25.5 Å². The molecule has 3 N–H and O–H groups in total. The normalized spacial score (nSPS) is 10.5. The van der Waals surface area contributed by atoms with Crippen molar-refractivity contribution < 1.29 is 15.0 Å². The van der Waals surface area contributed by atoms with Crippen LogP contribution in [0.15, 0.2) is 18.5 Å². The molecule has 1 aromatic heterocycles. The van der Waals surface area contributed by atoms with Gasteiger partial charge in [-0.1, -0.05) is 0 Å². The fourth-order valence-corrected chi connectivity index (χ4v) is 1.28. The number of anilines is 1. The van der Waals surface area contributed by atoms with Crippen molar-refractivity contribution in [3.8, 4) is 0 Å². The molecule has 7 nitrogen and oxygen atoms in total. The van der Waals surface area contributed by atoms with Crippen molar-refractivity contribution in [2.45, 2.75) is 0 Å². The molecule has 0 radical (unpaired) electrons. The Morgan fingerprint density at radius 1 is 1.24 bits per heavy atom. The summed E-state index contributed by atoms with van der Waals surface area (Å²) in [5.41, 5.74) is 0. The zero-order valence-corrected chi connectivity index (χ0v) is 9.41. The molecule has 17 heavy (non-hydrogen) atoms. The molecule has 7 heteroatoms. The minimum Gasteiger partial charge on any atom is -0.395 e. The van der Waals surface area contributed by atoms with Gasteiger partial charge in [0.15, 0.2) is 0 Å². The molecule has 0 unspecified atom stereocenters. The second-order valence-corrected chi connectivity index (χ2v) is 3.34. The molecule has 0 bridgehead atoms. The van der Waals surface area contributed by atoms with Crippen molar-refractivity contribution in [3.05, 3.63) is 18.5 Å². The number of aromatic nitrogens is 2. The maximum atomic E-state index is 11.6. The summed E-state index contributed by atoms with van der Waals surface area (Å²) in [6.07, 6.45) is 3.06. The predicted octanol–water partition coefficient (Wildman–Crippen LogP) is -1.30. The quantitative estimate of drug-likeness (QED) is 0.548. The van der Waals surface area contributed by atoms with Gasteiger partial charge in [0.05, 0.1) is 19.8 Å². The third-order valence-electron chi connectivity index (χ3n) is 2.02. The molecule has 1 heterocycles. The zero-order valence-electron chi connectivity index (χ0n) is 9.41. The second kappa shape index (κ2) is 7.66. The van der Waals surface area contributed by atoms with Crippen molar-refractivity contribution in [1.29, 1.82) is 0 Å². The second-order valence-electron chi connectivity index (χ2n) is 3.34. The number of amides is 1. The van der Waals surface area contributed by atoms with Crippen LogP contribution in [0.5, 0.6) is 0 Å².